The summed E-state index contributed by atoms with van der Waals surface area (Å²) in [7, 11) is 1.40. The van der Waals surface area contributed by atoms with Crippen molar-refractivity contribution in [3.8, 4) is 0 Å². The number of esters is 1. The summed E-state index contributed by atoms with van der Waals surface area (Å²) in [6.07, 6.45) is 0. The van der Waals surface area contributed by atoms with Crippen LogP contribution in [0.3, 0.4) is 0 Å². The lowest BCUT2D eigenvalue weighted by molar-refractivity contribution is -0.147. The molecule has 1 aromatic heterocycles. The molecule has 1 heterocycles. The van der Waals surface area contributed by atoms with E-state index in [0.717, 1.165) is 4.47 Å². The van der Waals surface area contributed by atoms with E-state index in [4.69, 9.17) is 4.74 Å². The van der Waals surface area contributed by atoms with Crippen molar-refractivity contribution in [2.24, 2.45) is 0 Å². The van der Waals surface area contributed by atoms with Crippen molar-refractivity contribution in [2.75, 3.05) is 7.11 Å². The van der Waals surface area contributed by atoms with Crippen LogP contribution in [0.15, 0.2) is 15.9 Å². The van der Waals surface area contributed by atoms with Crippen LogP contribution in [0.2, 0.25) is 0 Å². The summed E-state index contributed by atoms with van der Waals surface area (Å²) in [5.74, 6) is -0.254. The Morgan fingerprint density at radius 1 is 1.67 bits per heavy atom. The number of halogens is 1. The van der Waals surface area contributed by atoms with Gasteiger partial charge in [-0.1, -0.05) is 0 Å². The third kappa shape index (κ3) is 3.29. The Labute approximate surface area is 102 Å². The number of thiophene rings is 1. The zero-order valence-corrected chi connectivity index (χ0v) is 11.4. The molecule has 5 heteroatoms. The minimum atomic E-state index is -0.655. The molecule has 0 unspecified atom stereocenters. The molecule has 1 N–H and O–H groups in total. The third-order valence-corrected chi connectivity index (χ3v) is 4.00. The fourth-order valence-corrected chi connectivity index (χ4v) is 2.51. The van der Waals surface area contributed by atoms with Gasteiger partial charge in [-0.3, -0.25) is 10.1 Å². The highest BCUT2D eigenvalue weighted by molar-refractivity contribution is 9.10. The maximum absolute atomic E-state index is 11.4. The van der Waals surface area contributed by atoms with Crippen molar-refractivity contribution in [1.29, 1.82) is 0 Å². The Hall–Kier alpha value is -0.390. The van der Waals surface area contributed by atoms with Gasteiger partial charge in [0.15, 0.2) is 0 Å². The zero-order valence-electron chi connectivity index (χ0n) is 8.96. The molecule has 0 saturated heterocycles. The molecule has 0 atom stereocenters. The first-order valence-corrected chi connectivity index (χ1v) is 6.20. The Balaban J connectivity index is 2.57. The molecule has 0 saturated carbocycles. The minimum Gasteiger partial charge on any atom is -0.468 e. The lowest BCUT2D eigenvalue weighted by Crippen LogP contribution is -2.46. The topological polar surface area (TPSA) is 38.3 Å². The average Bonchev–Trinajstić information content (AvgIpc) is 2.60. The van der Waals surface area contributed by atoms with Gasteiger partial charge in [-0.25, -0.2) is 0 Å². The predicted molar refractivity (Wildman–Crippen MR) is 65.0 cm³/mol. The van der Waals surface area contributed by atoms with Gasteiger partial charge >= 0.3 is 5.97 Å². The average molecular weight is 292 g/mol. The van der Waals surface area contributed by atoms with E-state index in [-0.39, 0.29) is 5.97 Å². The van der Waals surface area contributed by atoms with Crippen LogP contribution in [0, 0.1) is 0 Å². The molecule has 0 radical (unpaired) electrons. The van der Waals surface area contributed by atoms with Crippen LogP contribution in [0.4, 0.5) is 0 Å². The lowest BCUT2D eigenvalue weighted by Gasteiger charge is -2.22. The number of rotatable bonds is 4. The number of carbonyl (C=O) groups excluding carboxylic acids is 1. The summed E-state index contributed by atoms with van der Waals surface area (Å²) in [5, 5.41) is 5.16. The van der Waals surface area contributed by atoms with Crippen LogP contribution in [0.5, 0.6) is 0 Å². The first-order valence-electron chi connectivity index (χ1n) is 4.52. The first-order chi connectivity index (χ1) is 6.97. The summed E-state index contributed by atoms with van der Waals surface area (Å²) in [5.41, 5.74) is -0.655. The van der Waals surface area contributed by atoms with Crippen LogP contribution < -0.4 is 5.32 Å². The van der Waals surface area contributed by atoms with Gasteiger partial charge in [-0.2, -0.15) is 0 Å². The smallest absolute Gasteiger partial charge is 0.325 e. The molecule has 0 aliphatic carbocycles. The standard InChI is InChI=1S/C10H14BrNO2S/c1-10(2,9(13)14-3)12-6-8-7(11)4-5-15-8/h4-5,12H,6H2,1-3H3. The highest BCUT2D eigenvalue weighted by atomic mass is 79.9. The van der Waals surface area contributed by atoms with Crippen LogP contribution in [-0.2, 0) is 16.1 Å². The normalized spacial score (nSPS) is 11.5. The largest absolute Gasteiger partial charge is 0.468 e. The fourth-order valence-electron chi connectivity index (χ4n) is 1.08. The number of ether oxygens (including phenoxy) is 1. The van der Waals surface area contributed by atoms with Crippen LogP contribution >= 0.6 is 27.3 Å². The summed E-state index contributed by atoms with van der Waals surface area (Å²) >= 11 is 5.09. The van der Waals surface area contributed by atoms with Gasteiger partial charge in [0.25, 0.3) is 0 Å². The minimum absolute atomic E-state index is 0.254. The Morgan fingerprint density at radius 3 is 2.80 bits per heavy atom. The second-order valence-electron chi connectivity index (χ2n) is 3.66. The SMILES string of the molecule is COC(=O)C(C)(C)NCc1sccc1Br. The van der Waals surface area contributed by atoms with E-state index in [9.17, 15) is 4.79 Å². The van der Waals surface area contributed by atoms with Crippen LogP contribution in [0.1, 0.15) is 18.7 Å². The summed E-state index contributed by atoms with van der Waals surface area (Å²) in [6.45, 7) is 4.26. The number of hydrogen-bond donors (Lipinski definition) is 1. The van der Waals surface area contributed by atoms with Gasteiger partial charge in [0, 0.05) is 15.9 Å². The number of hydrogen-bond acceptors (Lipinski definition) is 4. The first kappa shape index (κ1) is 12.7. The molecule has 0 aliphatic rings. The molecular formula is C10H14BrNO2S. The molecular weight excluding hydrogens is 278 g/mol. The monoisotopic (exact) mass is 291 g/mol. The second kappa shape index (κ2) is 5.09. The number of nitrogens with one attached hydrogen (secondary N) is 1. The molecule has 0 aliphatic heterocycles. The highest BCUT2D eigenvalue weighted by Gasteiger charge is 2.27. The Kier molecular flexibility index (Phi) is 4.31. The van der Waals surface area contributed by atoms with E-state index in [1.165, 1.54) is 12.0 Å². The predicted octanol–water partition coefficient (Wildman–Crippen LogP) is 2.55. The van der Waals surface area contributed by atoms with E-state index < -0.39 is 5.54 Å². The van der Waals surface area contributed by atoms with Gasteiger partial charge in [0.05, 0.1) is 7.11 Å². The quantitative estimate of drug-likeness (QED) is 0.867. The van der Waals surface area contributed by atoms with E-state index in [0.29, 0.717) is 6.54 Å². The molecule has 0 bridgehead atoms. The van der Waals surface area contributed by atoms with Crippen molar-refractivity contribution in [2.45, 2.75) is 25.9 Å². The molecule has 3 nitrogen and oxygen atoms in total. The van der Waals surface area contributed by atoms with Gasteiger partial charge in [-0.05, 0) is 41.2 Å². The van der Waals surface area contributed by atoms with Crippen molar-refractivity contribution in [1.82, 2.24) is 5.32 Å². The van der Waals surface area contributed by atoms with Crippen LogP contribution in [0.25, 0.3) is 0 Å². The molecule has 1 aromatic rings. The highest BCUT2D eigenvalue weighted by Crippen LogP contribution is 2.23. The summed E-state index contributed by atoms with van der Waals surface area (Å²) < 4.78 is 5.78. The summed E-state index contributed by atoms with van der Waals surface area (Å²) in [6, 6.07) is 1.99. The number of carbonyl (C=O) groups is 1. The van der Waals surface area contributed by atoms with Gasteiger partial charge < -0.3 is 4.74 Å². The molecule has 1 rings (SSSR count). The van der Waals surface area contributed by atoms with E-state index in [2.05, 4.69) is 21.2 Å². The van der Waals surface area contributed by atoms with Gasteiger partial charge in [0.2, 0.25) is 0 Å². The van der Waals surface area contributed by atoms with E-state index >= 15 is 0 Å². The maximum atomic E-state index is 11.4. The van der Waals surface area contributed by atoms with Crippen LogP contribution in [-0.4, -0.2) is 18.6 Å². The molecule has 0 amide bonds. The zero-order chi connectivity index (χ0) is 11.5. The number of methoxy groups -OCH3 is 1. The molecule has 0 fully saturated rings. The van der Waals surface area contributed by atoms with Crippen molar-refractivity contribution in [3.05, 3.63) is 20.8 Å². The fraction of sp³-hybridized carbons (Fsp3) is 0.500. The van der Waals surface area contributed by atoms with E-state index in [1.807, 2.05) is 11.4 Å². The Morgan fingerprint density at radius 2 is 2.33 bits per heavy atom. The maximum Gasteiger partial charge on any atom is 0.325 e. The summed E-state index contributed by atoms with van der Waals surface area (Å²) in [4.78, 5) is 12.6. The van der Waals surface area contributed by atoms with Gasteiger partial charge in [-0.15, -0.1) is 11.3 Å². The molecule has 15 heavy (non-hydrogen) atoms. The van der Waals surface area contributed by atoms with Gasteiger partial charge in [0.1, 0.15) is 5.54 Å². The Bertz CT molecular complexity index is 349. The van der Waals surface area contributed by atoms with E-state index in [1.54, 1.807) is 25.2 Å². The third-order valence-electron chi connectivity index (χ3n) is 2.08. The molecule has 0 spiro atoms. The second-order valence-corrected chi connectivity index (χ2v) is 5.52. The van der Waals surface area contributed by atoms with Crippen molar-refractivity contribution >= 4 is 33.2 Å². The lowest BCUT2D eigenvalue weighted by atomic mass is 10.1. The van der Waals surface area contributed by atoms with Crippen molar-refractivity contribution in [3.63, 3.8) is 0 Å². The molecule has 84 valence electrons. The molecule has 0 aromatic carbocycles. The van der Waals surface area contributed by atoms with Crippen molar-refractivity contribution < 1.29 is 9.53 Å².